The Bertz CT molecular complexity index is 910. The van der Waals surface area contributed by atoms with E-state index in [9.17, 15) is 13.2 Å². The van der Waals surface area contributed by atoms with Crippen LogP contribution >= 0.6 is 11.6 Å². The highest BCUT2D eigenvalue weighted by atomic mass is 35.5. The second-order valence-electron chi connectivity index (χ2n) is 6.21. The molecule has 0 spiro atoms. The van der Waals surface area contributed by atoms with Gasteiger partial charge in [0.15, 0.2) is 6.61 Å². The second-order valence-corrected chi connectivity index (χ2v) is 8.58. The molecule has 8 heteroatoms. The van der Waals surface area contributed by atoms with Crippen molar-refractivity contribution < 1.29 is 17.9 Å². The van der Waals surface area contributed by atoms with Crippen LogP contribution in [0.4, 0.5) is 0 Å². The maximum atomic E-state index is 12.5. The molecule has 0 saturated carbocycles. The Kier molecular flexibility index (Phi) is 7.86. The van der Waals surface area contributed by atoms with E-state index in [-0.39, 0.29) is 24.0 Å². The molecule has 0 fully saturated rings. The minimum Gasteiger partial charge on any atom is -0.484 e. The number of nitrogens with zero attached hydrogens (tertiary/aromatic N) is 1. The van der Waals surface area contributed by atoms with E-state index in [0.717, 1.165) is 11.1 Å². The Morgan fingerprint density at radius 3 is 2.32 bits per heavy atom. The second kappa shape index (κ2) is 9.91. The average molecular weight is 425 g/mol. The molecule has 0 unspecified atom stereocenters. The monoisotopic (exact) mass is 424 g/mol. The number of sulfonamides is 1. The van der Waals surface area contributed by atoms with Crippen LogP contribution in [0.2, 0.25) is 5.02 Å². The zero-order chi connectivity index (χ0) is 20.7. The van der Waals surface area contributed by atoms with Crippen LogP contribution in [0.1, 0.15) is 25.0 Å². The summed E-state index contributed by atoms with van der Waals surface area (Å²) in [5, 5.41) is 3.37. The van der Waals surface area contributed by atoms with Gasteiger partial charge >= 0.3 is 0 Å². The molecule has 0 aliphatic rings. The van der Waals surface area contributed by atoms with Crippen molar-refractivity contribution in [3.8, 4) is 5.75 Å². The zero-order valence-corrected chi connectivity index (χ0v) is 17.8. The quantitative estimate of drug-likeness (QED) is 0.669. The number of carbonyl (C=O) groups excluding carboxylic acids is 1. The van der Waals surface area contributed by atoms with Crippen molar-refractivity contribution in [3.05, 3.63) is 58.6 Å². The Hall–Kier alpha value is -2.09. The lowest BCUT2D eigenvalue weighted by Crippen LogP contribution is -2.30. The van der Waals surface area contributed by atoms with Crippen molar-refractivity contribution in [2.45, 2.75) is 32.2 Å². The van der Waals surface area contributed by atoms with Crippen LogP contribution in [0.3, 0.4) is 0 Å². The van der Waals surface area contributed by atoms with Crippen LogP contribution in [0.15, 0.2) is 47.4 Å². The smallest absolute Gasteiger partial charge is 0.258 e. The van der Waals surface area contributed by atoms with Gasteiger partial charge in [0.2, 0.25) is 10.0 Å². The van der Waals surface area contributed by atoms with E-state index in [1.165, 1.54) is 4.31 Å². The van der Waals surface area contributed by atoms with Crippen molar-refractivity contribution in [2.24, 2.45) is 0 Å². The summed E-state index contributed by atoms with van der Waals surface area (Å²) in [6.45, 7) is 6.47. The molecule has 28 heavy (non-hydrogen) atoms. The molecule has 1 N–H and O–H groups in total. The van der Waals surface area contributed by atoms with Crippen molar-refractivity contribution in [1.82, 2.24) is 9.62 Å². The van der Waals surface area contributed by atoms with Crippen LogP contribution in [-0.4, -0.2) is 38.3 Å². The highest BCUT2D eigenvalue weighted by molar-refractivity contribution is 7.89. The number of benzene rings is 2. The van der Waals surface area contributed by atoms with E-state index in [2.05, 4.69) is 5.32 Å². The molecular formula is C20H25ClN2O4S. The van der Waals surface area contributed by atoms with Gasteiger partial charge in [-0.2, -0.15) is 4.31 Å². The Labute approximate surface area is 171 Å². The van der Waals surface area contributed by atoms with Crippen molar-refractivity contribution >= 4 is 27.5 Å². The minimum atomic E-state index is -3.48. The summed E-state index contributed by atoms with van der Waals surface area (Å²) in [5.41, 5.74) is 1.65. The van der Waals surface area contributed by atoms with Gasteiger partial charge in [0.05, 0.1) is 4.90 Å². The third-order valence-electron chi connectivity index (χ3n) is 4.25. The number of nitrogens with one attached hydrogen (secondary N) is 1. The molecule has 0 aromatic heterocycles. The number of rotatable bonds is 9. The van der Waals surface area contributed by atoms with Gasteiger partial charge in [-0.05, 0) is 48.4 Å². The van der Waals surface area contributed by atoms with Crippen LogP contribution in [0.25, 0.3) is 0 Å². The number of hydrogen-bond donors (Lipinski definition) is 1. The van der Waals surface area contributed by atoms with E-state index in [0.29, 0.717) is 23.9 Å². The highest BCUT2D eigenvalue weighted by Gasteiger charge is 2.21. The molecule has 1 amide bonds. The van der Waals surface area contributed by atoms with Gasteiger partial charge in [0, 0.05) is 24.7 Å². The number of amides is 1. The van der Waals surface area contributed by atoms with E-state index < -0.39 is 10.0 Å². The van der Waals surface area contributed by atoms with E-state index in [1.54, 1.807) is 56.3 Å². The van der Waals surface area contributed by atoms with Gasteiger partial charge < -0.3 is 10.1 Å². The molecule has 0 heterocycles. The van der Waals surface area contributed by atoms with Gasteiger partial charge in [-0.15, -0.1) is 0 Å². The van der Waals surface area contributed by atoms with Crippen LogP contribution < -0.4 is 10.1 Å². The SMILES string of the molecule is CCN(CC)S(=O)(=O)c1ccc(CNC(=O)COc2ccc(Cl)cc2C)cc1. The number of aryl methyl sites for hydroxylation is 1. The Morgan fingerprint density at radius 1 is 1.11 bits per heavy atom. The number of ether oxygens (including phenoxy) is 1. The first kappa shape index (κ1) is 22.2. The predicted octanol–water partition coefficient (Wildman–Crippen LogP) is 3.37. The van der Waals surface area contributed by atoms with Crippen molar-refractivity contribution in [3.63, 3.8) is 0 Å². The lowest BCUT2D eigenvalue weighted by Gasteiger charge is -2.18. The fourth-order valence-corrected chi connectivity index (χ4v) is 4.35. The normalized spacial score (nSPS) is 11.5. The summed E-state index contributed by atoms with van der Waals surface area (Å²) in [7, 11) is -3.48. The van der Waals surface area contributed by atoms with E-state index in [4.69, 9.17) is 16.3 Å². The molecule has 0 atom stereocenters. The van der Waals surface area contributed by atoms with Crippen molar-refractivity contribution in [1.29, 1.82) is 0 Å². The van der Waals surface area contributed by atoms with Gasteiger partial charge in [0.1, 0.15) is 5.75 Å². The summed E-state index contributed by atoms with van der Waals surface area (Å²) in [5.74, 6) is 0.333. The molecule has 2 aromatic rings. The molecule has 0 aliphatic heterocycles. The fourth-order valence-electron chi connectivity index (χ4n) is 2.66. The molecule has 0 saturated heterocycles. The van der Waals surface area contributed by atoms with Crippen LogP contribution in [-0.2, 0) is 21.4 Å². The van der Waals surface area contributed by atoms with E-state index >= 15 is 0 Å². The van der Waals surface area contributed by atoms with Gasteiger partial charge in [0.25, 0.3) is 5.91 Å². The Balaban J connectivity index is 1.89. The number of hydrogen-bond acceptors (Lipinski definition) is 4. The Morgan fingerprint density at radius 2 is 1.75 bits per heavy atom. The van der Waals surface area contributed by atoms with Crippen molar-refractivity contribution in [2.75, 3.05) is 19.7 Å². The van der Waals surface area contributed by atoms with Crippen LogP contribution in [0.5, 0.6) is 5.75 Å². The molecule has 0 bridgehead atoms. The third-order valence-corrected chi connectivity index (χ3v) is 6.55. The standard InChI is InChI=1S/C20H25ClN2O4S/c1-4-23(5-2)28(25,26)18-9-6-16(7-10-18)13-22-20(24)14-27-19-11-8-17(21)12-15(19)3/h6-12H,4-5,13-14H2,1-3H3,(H,22,24). The predicted molar refractivity (Wildman–Crippen MR) is 110 cm³/mol. The topological polar surface area (TPSA) is 75.7 Å². The largest absolute Gasteiger partial charge is 0.484 e. The lowest BCUT2D eigenvalue weighted by molar-refractivity contribution is -0.123. The van der Waals surface area contributed by atoms with E-state index in [1.807, 2.05) is 6.92 Å². The molecule has 6 nitrogen and oxygen atoms in total. The fraction of sp³-hybridized carbons (Fsp3) is 0.350. The van der Waals surface area contributed by atoms with Gasteiger partial charge in [-0.25, -0.2) is 8.42 Å². The minimum absolute atomic E-state index is 0.114. The zero-order valence-electron chi connectivity index (χ0n) is 16.2. The van der Waals surface area contributed by atoms with Gasteiger partial charge in [-0.3, -0.25) is 4.79 Å². The third kappa shape index (κ3) is 5.70. The molecule has 2 rings (SSSR count). The first-order chi connectivity index (χ1) is 13.3. The first-order valence-corrected chi connectivity index (χ1v) is 10.8. The lowest BCUT2D eigenvalue weighted by atomic mass is 10.2. The molecule has 0 radical (unpaired) electrons. The maximum absolute atomic E-state index is 12.5. The number of carbonyl (C=O) groups is 1. The molecule has 0 aliphatic carbocycles. The summed E-state index contributed by atoms with van der Waals surface area (Å²) in [6.07, 6.45) is 0. The highest BCUT2D eigenvalue weighted by Crippen LogP contribution is 2.21. The van der Waals surface area contributed by atoms with Gasteiger partial charge in [-0.1, -0.05) is 37.6 Å². The first-order valence-electron chi connectivity index (χ1n) is 9.02. The summed E-state index contributed by atoms with van der Waals surface area (Å²) in [4.78, 5) is 12.2. The molecule has 152 valence electrons. The summed E-state index contributed by atoms with van der Waals surface area (Å²) < 4.78 is 31.8. The number of halogens is 1. The molecular weight excluding hydrogens is 400 g/mol. The average Bonchev–Trinajstić information content (AvgIpc) is 2.66. The van der Waals surface area contributed by atoms with Crippen LogP contribution in [0, 0.1) is 6.92 Å². The molecule has 2 aromatic carbocycles. The maximum Gasteiger partial charge on any atom is 0.258 e. The summed E-state index contributed by atoms with van der Waals surface area (Å²) in [6, 6.07) is 11.7. The summed E-state index contributed by atoms with van der Waals surface area (Å²) >= 11 is 5.90.